The number of ether oxygens (including phenoxy) is 1. The number of aromatic nitrogens is 2. The van der Waals surface area contributed by atoms with Gasteiger partial charge in [0, 0.05) is 36.9 Å². The van der Waals surface area contributed by atoms with Gasteiger partial charge in [0.15, 0.2) is 0 Å². The summed E-state index contributed by atoms with van der Waals surface area (Å²) < 4.78 is 7.05. The van der Waals surface area contributed by atoms with Gasteiger partial charge in [-0.1, -0.05) is 24.3 Å². The summed E-state index contributed by atoms with van der Waals surface area (Å²) in [4.78, 5) is 20.2. The lowest BCUT2D eigenvalue weighted by Gasteiger charge is -2.29. The Morgan fingerprint density at radius 1 is 1.19 bits per heavy atom. The van der Waals surface area contributed by atoms with E-state index in [1.807, 2.05) is 32.0 Å². The molecule has 0 aliphatic carbocycles. The maximum Gasteiger partial charge on any atom is 0.490 e. The van der Waals surface area contributed by atoms with Crippen molar-refractivity contribution in [1.82, 2.24) is 9.55 Å². The monoisotopic (exact) mass is 422 g/mol. The molecule has 0 unspecified atom stereocenters. The van der Waals surface area contributed by atoms with Crippen LogP contribution >= 0.6 is 0 Å². The number of benzene rings is 2. The third-order valence-corrected chi connectivity index (χ3v) is 5.70. The number of anilines is 2. The van der Waals surface area contributed by atoms with Crippen LogP contribution in [-0.4, -0.2) is 53.0 Å². The SMILES string of the molecule is Cc1cc([C@@H](C)Nc2ccccc2B(O)O)c2nc(N3CCOCC3)n(C)c(=O)c2c1. The Hall–Kier alpha value is -2.88. The number of para-hydroxylation sites is 1. The van der Waals surface area contributed by atoms with E-state index in [2.05, 4.69) is 10.2 Å². The number of rotatable bonds is 5. The molecule has 1 atom stereocenters. The summed E-state index contributed by atoms with van der Waals surface area (Å²) in [5.74, 6) is 0.629. The van der Waals surface area contributed by atoms with Crippen molar-refractivity contribution in [2.45, 2.75) is 19.9 Å². The normalized spacial score (nSPS) is 15.2. The molecule has 0 amide bonds. The molecule has 3 aromatic rings. The first-order chi connectivity index (χ1) is 14.9. The average molecular weight is 422 g/mol. The van der Waals surface area contributed by atoms with E-state index in [9.17, 15) is 14.8 Å². The summed E-state index contributed by atoms with van der Waals surface area (Å²) in [6, 6.07) is 10.7. The van der Waals surface area contributed by atoms with Gasteiger partial charge >= 0.3 is 7.12 Å². The van der Waals surface area contributed by atoms with Crippen LogP contribution in [0.3, 0.4) is 0 Å². The summed E-state index contributed by atoms with van der Waals surface area (Å²) in [5, 5.41) is 23.3. The molecule has 2 heterocycles. The van der Waals surface area contributed by atoms with Crippen molar-refractivity contribution in [3.05, 3.63) is 57.9 Å². The van der Waals surface area contributed by atoms with E-state index in [1.54, 1.807) is 29.8 Å². The average Bonchev–Trinajstić information content (AvgIpc) is 2.77. The van der Waals surface area contributed by atoms with Crippen LogP contribution in [0.1, 0.15) is 24.1 Å². The lowest BCUT2D eigenvalue weighted by molar-refractivity contribution is 0.121. The largest absolute Gasteiger partial charge is 0.490 e. The highest BCUT2D eigenvalue weighted by Gasteiger charge is 2.22. The molecule has 3 N–H and O–H groups in total. The number of nitrogens with zero attached hydrogens (tertiary/aromatic N) is 3. The third-order valence-electron chi connectivity index (χ3n) is 5.70. The molecule has 1 aromatic heterocycles. The first kappa shape index (κ1) is 21.4. The molecule has 2 aromatic carbocycles. The fourth-order valence-electron chi connectivity index (χ4n) is 4.08. The highest BCUT2D eigenvalue weighted by atomic mass is 16.5. The molecule has 0 spiro atoms. The van der Waals surface area contributed by atoms with E-state index < -0.39 is 7.12 Å². The minimum Gasteiger partial charge on any atom is -0.423 e. The molecule has 4 rings (SSSR count). The highest BCUT2D eigenvalue weighted by Crippen LogP contribution is 2.27. The number of nitrogens with one attached hydrogen (secondary N) is 1. The van der Waals surface area contributed by atoms with Crippen LogP contribution in [-0.2, 0) is 11.8 Å². The van der Waals surface area contributed by atoms with Crippen molar-refractivity contribution in [1.29, 1.82) is 0 Å². The maximum atomic E-state index is 13.2. The van der Waals surface area contributed by atoms with Crippen molar-refractivity contribution < 1.29 is 14.8 Å². The number of aryl methyl sites for hydroxylation is 1. The molecule has 31 heavy (non-hydrogen) atoms. The second-order valence-electron chi connectivity index (χ2n) is 7.95. The summed E-state index contributed by atoms with van der Waals surface area (Å²) in [7, 11) is 0.172. The zero-order chi connectivity index (χ0) is 22.1. The fraction of sp³-hybridized carbons (Fsp3) is 0.364. The standard InChI is InChI=1S/C22H27BN4O4/c1-14-12-16(15(2)24-19-7-5-4-6-18(19)23(29)30)20-17(13-14)21(28)26(3)22(25-20)27-8-10-31-11-9-27/h4-7,12-13,15,24,29-30H,8-11H2,1-3H3/t15-/m1/s1. The lowest BCUT2D eigenvalue weighted by atomic mass is 9.79. The van der Waals surface area contributed by atoms with Crippen molar-refractivity contribution in [2.75, 3.05) is 36.5 Å². The van der Waals surface area contributed by atoms with Crippen LogP contribution < -0.4 is 21.2 Å². The van der Waals surface area contributed by atoms with Gasteiger partial charge in [-0.25, -0.2) is 4.98 Å². The molecule has 1 aliphatic rings. The van der Waals surface area contributed by atoms with Crippen LogP contribution in [0, 0.1) is 6.92 Å². The van der Waals surface area contributed by atoms with E-state index in [-0.39, 0.29) is 11.6 Å². The molecule has 0 saturated carbocycles. The molecule has 0 radical (unpaired) electrons. The maximum absolute atomic E-state index is 13.2. The zero-order valence-corrected chi connectivity index (χ0v) is 18.0. The van der Waals surface area contributed by atoms with E-state index in [1.165, 1.54) is 0 Å². The Morgan fingerprint density at radius 2 is 1.90 bits per heavy atom. The van der Waals surface area contributed by atoms with Crippen LogP contribution in [0.5, 0.6) is 0 Å². The van der Waals surface area contributed by atoms with E-state index in [0.717, 1.165) is 11.1 Å². The van der Waals surface area contributed by atoms with E-state index in [0.29, 0.717) is 54.3 Å². The summed E-state index contributed by atoms with van der Waals surface area (Å²) in [6.45, 7) is 6.50. The topological polar surface area (TPSA) is 99.8 Å². The van der Waals surface area contributed by atoms with Gasteiger partial charge in [0.05, 0.1) is 30.2 Å². The Bertz CT molecular complexity index is 1160. The molecular weight excluding hydrogens is 395 g/mol. The van der Waals surface area contributed by atoms with E-state index >= 15 is 0 Å². The Balaban J connectivity index is 1.82. The summed E-state index contributed by atoms with van der Waals surface area (Å²) >= 11 is 0. The molecule has 1 saturated heterocycles. The van der Waals surface area contributed by atoms with Crippen molar-refractivity contribution in [2.24, 2.45) is 7.05 Å². The Morgan fingerprint density at radius 3 is 2.61 bits per heavy atom. The smallest absolute Gasteiger partial charge is 0.423 e. The first-order valence-corrected chi connectivity index (χ1v) is 10.4. The number of fused-ring (bicyclic) bond motifs is 1. The van der Waals surface area contributed by atoms with Crippen molar-refractivity contribution >= 4 is 35.1 Å². The molecule has 9 heteroatoms. The molecule has 162 valence electrons. The molecule has 0 bridgehead atoms. The van der Waals surface area contributed by atoms with Crippen molar-refractivity contribution in [3.8, 4) is 0 Å². The van der Waals surface area contributed by atoms with Gasteiger partial charge in [-0.15, -0.1) is 0 Å². The first-order valence-electron chi connectivity index (χ1n) is 10.4. The Kier molecular flexibility index (Phi) is 6.00. The van der Waals surface area contributed by atoms with Gasteiger partial charge in [0.1, 0.15) is 0 Å². The number of hydrogen-bond acceptors (Lipinski definition) is 7. The van der Waals surface area contributed by atoms with Crippen LogP contribution in [0.4, 0.5) is 11.6 Å². The second-order valence-corrected chi connectivity index (χ2v) is 7.95. The number of morpholine rings is 1. The molecule has 1 fully saturated rings. The summed E-state index contributed by atoms with van der Waals surface area (Å²) in [5.41, 5.74) is 3.42. The van der Waals surface area contributed by atoms with Crippen LogP contribution in [0.25, 0.3) is 10.9 Å². The summed E-state index contributed by atoms with van der Waals surface area (Å²) in [6.07, 6.45) is 0. The Labute approximate surface area is 181 Å². The minimum atomic E-state index is -1.58. The lowest BCUT2D eigenvalue weighted by Crippen LogP contribution is -2.40. The van der Waals surface area contributed by atoms with Crippen LogP contribution in [0.2, 0.25) is 0 Å². The predicted molar refractivity (Wildman–Crippen MR) is 123 cm³/mol. The van der Waals surface area contributed by atoms with Gasteiger partial charge in [-0.2, -0.15) is 0 Å². The van der Waals surface area contributed by atoms with Gasteiger partial charge < -0.3 is 25.0 Å². The molecule has 8 nitrogen and oxygen atoms in total. The quantitative estimate of drug-likeness (QED) is 0.526. The van der Waals surface area contributed by atoms with Gasteiger partial charge in [-0.05, 0) is 31.5 Å². The zero-order valence-electron chi connectivity index (χ0n) is 18.0. The fourth-order valence-corrected chi connectivity index (χ4v) is 4.08. The second kappa shape index (κ2) is 8.70. The van der Waals surface area contributed by atoms with Gasteiger partial charge in [0.25, 0.3) is 5.56 Å². The number of hydrogen-bond donors (Lipinski definition) is 3. The molecule has 1 aliphatic heterocycles. The van der Waals surface area contributed by atoms with Gasteiger partial charge in [0.2, 0.25) is 5.95 Å². The van der Waals surface area contributed by atoms with E-state index in [4.69, 9.17) is 9.72 Å². The van der Waals surface area contributed by atoms with Crippen molar-refractivity contribution in [3.63, 3.8) is 0 Å². The van der Waals surface area contributed by atoms with Gasteiger partial charge in [-0.3, -0.25) is 9.36 Å². The highest BCUT2D eigenvalue weighted by molar-refractivity contribution is 6.60. The van der Waals surface area contributed by atoms with Crippen LogP contribution in [0.15, 0.2) is 41.2 Å². The third kappa shape index (κ3) is 4.16. The minimum absolute atomic E-state index is 0.0881. The molecular formula is C22H27BN4O4. The predicted octanol–water partition coefficient (Wildman–Crippen LogP) is 0.931.